The second kappa shape index (κ2) is 7.60. The summed E-state index contributed by atoms with van der Waals surface area (Å²) in [5.74, 6) is 0.377. The first-order valence-electron chi connectivity index (χ1n) is 5.90. The fourth-order valence-electron chi connectivity index (χ4n) is 1.87. The summed E-state index contributed by atoms with van der Waals surface area (Å²) in [6.45, 7) is 4.97. The highest BCUT2D eigenvalue weighted by atomic mass is 16.5. The number of amides is 1. The molecule has 1 fully saturated rings. The zero-order chi connectivity index (χ0) is 11.8. The Morgan fingerprint density at radius 1 is 1.44 bits per heavy atom. The Morgan fingerprint density at radius 3 is 2.88 bits per heavy atom. The van der Waals surface area contributed by atoms with Gasteiger partial charge in [0.05, 0.1) is 12.5 Å². The summed E-state index contributed by atoms with van der Waals surface area (Å²) < 4.78 is 4.91. The van der Waals surface area contributed by atoms with Gasteiger partial charge in [-0.3, -0.25) is 4.79 Å². The summed E-state index contributed by atoms with van der Waals surface area (Å²) in [4.78, 5) is 13.9. The van der Waals surface area contributed by atoms with Gasteiger partial charge in [-0.05, 0) is 20.0 Å². The quantitative estimate of drug-likeness (QED) is 0.566. The number of nitrogens with zero attached hydrogens (tertiary/aromatic N) is 1. The van der Waals surface area contributed by atoms with Crippen molar-refractivity contribution in [2.24, 2.45) is 5.92 Å². The molecule has 1 aliphatic rings. The van der Waals surface area contributed by atoms with Crippen molar-refractivity contribution in [3.8, 4) is 0 Å². The van der Waals surface area contributed by atoms with Crippen LogP contribution >= 0.6 is 0 Å². The molecule has 0 aromatic carbocycles. The summed E-state index contributed by atoms with van der Waals surface area (Å²) in [6, 6.07) is 0. The Kier molecular flexibility index (Phi) is 6.37. The number of nitrogens with one attached hydrogen (secondary N) is 2. The van der Waals surface area contributed by atoms with Crippen molar-refractivity contribution in [2.45, 2.75) is 6.42 Å². The maximum absolute atomic E-state index is 11.7. The Morgan fingerprint density at radius 2 is 2.25 bits per heavy atom. The van der Waals surface area contributed by atoms with E-state index in [1.165, 1.54) is 0 Å². The Balaban J connectivity index is 1.98. The van der Waals surface area contributed by atoms with Crippen LogP contribution in [0.25, 0.3) is 0 Å². The number of likely N-dealkylation sites (tertiary alicyclic amines) is 1. The van der Waals surface area contributed by atoms with Crippen LogP contribution in [-0.4, -0.2) is 64.3 Å². The zero-order valence-corrected chi connectivity index (χ0v) is 10.3. The molecule has 1 saturated heterocycles. The first kappa shape index (κ1) is 13.4. The van der Waals surface area contributed by atoms with Gasteiger partial charge in [0.25, 0.3) is 0 Å². The van der Waals surface area contributed by atoms with Crippen LogP contribution < -0.4 is 10.6 Å². The molecular formula is C11H23N3O2. The molecule has 1 aliphatic heterocycles. The highest BCUT2D eigenvalue weighted by Gasteiger charge is 2.25. The van der Waals surface area contributed by atoms with Crippen LogP contribution in [0.15, 0.2) is 0 Å². The van der Waals surface area contributed by atoms with Gasteiger partial charge in [-0.25, -0.2) is 0 Å². The number of carbonyl (C=O) groups excluding carboxylic acids is 1. The van der Waals surface area contributed by atoms with Gasteiger partial charge in [-0.2, -0.15) is 0 Å². The molecule has 5 nitrogen and oxygen atoms in total. The van der Waals surface area contributed by atoms with Crippen LogP contribution in [0.5, 0.6) is 0 Å². The smallest absolute Gasteiger partial charge is 0.224 e. The normalized spacial score (nSPS) is 21.2. The van der Waals surface area contributed by atoms with Crippen molar-refractivity contribution in [3.63, 3.8) is 0 Å². The van der Waals surface area contributed by atoms with Gasteiger partial charge < -0.3 is 20.3 Å². The molecule has 0 aromatic rings. The zero-order valence-electron chi connectivity index (χ0n) is 10.3. The molecule has 2 N–H and O–H groups in total. The van der Waals surface area contributed by atoms with Crippen molar-refractivity contribution < 1.29 is 9.53 Å². The van der Waals surface area contributed by atoms with Crippen molar-refractivity contribution >= 4 is 5.91 Å². The number of rotatable bonds is 7. The molecule has 0 radical (unpaired) electrons. The van der Waals surface area contributed by atoms with E-state index in [1.54, 1.807) is 7.11 Å². The lowest BCUT2D eigenvalue weighted by atomic mass is 10.1. The minimum Gasteiger partial charge on any atom is -0.383 e. The van der Waals surface area contributed by atoms with Crippen molar-refractivity contribution in [3.05, 3.63) is 0 Å². The fourth-order valence-corrected chi connectivity index (χ4v) is 1.87. The van der Waals surface area contributed by atoms with E-state index in [0.29, 0.717) is 13.2 Å². The van der Waals surface area contributed by atoms with Gasteiger partial charge in [0.2, 0.25) is 5.91 Å². The Hall–Kier alpha value is -0.650. The molecule has 0 spiro atoms. The van der Waals surface area contributed by atoms with Gasteiger partial charge in [0.15, 0.2) is 0 Å². The van der Waals surface area contributed by atoms with Crippen LogP contribution in [0, 0.1) is 5.92 Å². The van der Waals surface area contributed by atoms with Gasteiger partial charge >= 0.3 is 0 Å². The lowest BCUT2D eigenvalue weighted by molar-refractivity contribution is -0.124. The molecule has 5 heteroatoms. The van der Waals surface area contributed by atoms with Crippen LogP contribution in [0.4, 0.5) is 0 Å². The predicted molar refractivity (Wildman–Crippen MR) is 63.4 cm³/mol. The first-order chi connectivity index (χ1) is 7.74. The third-order valence-electron chi connectivity index (χ3n) is 2.85. The van der Waals surface area contributed by atoms with Crippen molar-refractivity contribution in [1.82, 2.24) is 15.5 Å². The standard InChI is InChI=1S/C11H23N3O2/c1-14-7-3-10(9-14)11(15)13-5-4-12-6-8-16-2/h10,12H,3-9H2,1-2H3,(H,13,15). The first-order valence-corrected chi connectivity index (χ1v) is 5.90. The maximum Gasteiger partial charge on any atom is 0.224 e. The van der Waals surface area contributed by atoms with Crippen LogP contribution in [-0.2, 0) is 9.53 Å². The minimum absolute atomic E-state index is 0.184. The number of methoxy groups -OCH3 is 1. The third-order valence-corrected chi connectivity index (χ3v) is 2.85. The number of ether oxygens (including phenoxy) is 1. The molecule has 1 atom stereocenters. The van der Waals surface area contributed by atoms with E-state index in [1.807, 2.05) is 0 Å². The topological polar surface area (TPSA) is 53.6 Å². The van der Waals surface area contributed by atoms with Crippen LogP contribution in [0.1, 0.15) is 6.42 Å². The maximum atomic E-state index is 11.7. The Labute approximate surface area is 97.5 Å². The molecule has 1 rings (SSSR count). The van der Waals surface area contributed by atoms with Crippen molar-refractivity contribution in [2.75, 3.05) is 53.5 Å². The molecule has 0 bridgehead atoms. The Bertz CT molecular complexity index is 211. The van der Waals surface area contributed by atoms with E-state index >= 15 is 0 Å². The molecule has 1 amide bonds. The number of hydrogen-bond donors (Lipinski definition) is 2. The number of hydrogen-bond acceptors (Lipinski definition) is 4. The summed E-state index contributed by atoms with van der Waals surface area (Å²) in [6.07, 6.45) is 0.986. The fraction of sp³-hybridized carbons (Fsp3) is 0.909. The van der Waals surface area contributed by atoms with E-state index in [-0.39, 0.29) is 11.8 Å². The van der Waals surface area contributed by atoms with Gasteiger partial charge in [0.1, 0.15) is 0 Å². The van der Waals surface area contributed by atoms with Gasteiger partial charge in [0, 0.05) is 33.3 Å². The number of carbonyl (C=O) groups is 1. The summed E-state index contributed by atoms with van der Waals surface area (Å²) in [5.41, 5.74) is 0. The molecule has 0 saturated carbocycles. The molecular weight excluding hydrogens is 206 g/mol. The van der Waals surface area contributed by atoms with Crippen LogP contribution in [0.2, 0.25) is 0 Å². The highest BCUT2D eigenvalue weighted by molar-refractivity contribution is 5.79. The van der Waals surface area contributed by atoms with E-state index in [0.717, 1.165) is 32.6 Å². The average Bonchev–Trinajstić information content (AvgIpc) is 2.70. The second-order valence-corrected chi connectivity index (χ2v) is 4.28. The SMILES string of the molecule is COCCNCCNC(=O)C1CCN(C)C1. The summed E-state index contributed by atoms with van der Waals surface area (Å²) in [5, 5.41) is 6.14. The molecule has 94 valence electrons. The third kappa shape index (κ3) is 4.92. The lowest BCUT2D eigenvalue weighted by Crippen LogP contribution is -2.37. The minimum atomic E-state index is 0.184. The molecule has 0 aliphatic carbocycles. The predicted octanol–water partition coefficient (Wildman–Crippen LogP) is -0.710. The second-order valence-electron chi connectivity index (χ2n) is 4.28. The van der Waals surface area contributed by atoms with Gasteiger partial charge in [-0.15, -0.1) is 0 Å². The summed E-state index contributed by atoms with van der Waals surface area (Å²) >= 11 is 0. The van der Waals surface area contributed by atoms with E-state index in [2.05, 4.69) is 22.6 Å². The van der Waals surface area contributed by atoms with E-state index < -0.39 is 0 Å². The monoisotopic (exact) mass is 229 g/mol. The molecule has 1 heterocycles. The molecule has 16 heavy (non-hydrogen) atoms. The lowest BCUT2D eigenvalue weighted by Gasteiger charge is -2.11. The molecule has 0 aromatic heterocycles. The van der Waals surface area contributed by atoms with Crippen molar-refractivity contribution in [1.29, 1.82) is 0 Å². The van der Waals surface area contributed by atoms with E-state index in [4.69, 9.17) is 4.74 Å². The molecule has 1 unspecified atom stereocenters. The van der Waals surface area contributed by atoms with E-state index in [9.17, 15) is 4.79 Å². The van der Waals surface area contributed by atoms with Crippen LogP contribution in [0.3, 0.4) is 0 Å². The highest BCUT2D eigenvalue weighted by Crippen LogP contribution is 2.13. The average molecular weight is 229 g/mol. The summed E-state index contributed by atoms with van der Waals surface area (Å²) in [7, 11) is 3.74. The largest absolute Gasteiger partial charge is 0.383 e. The van der Waals surface area contributed by atoms with Gasteiger partial charge in [-0.1, -0.05) is 0 Å².